The van der Waals surface area contributed by atoms with Crippen molar-refractivity contribution in [2.75, 3.05) is 16.4 Å². The van der Waals surface area contributed by atoms with Crippen molar-refractivity contribution in [1.82, 2.24) is 9.97 Å². The third-order valence-electron chi connectivity index (χ3n) is 3.73. The van der Waals surface area contributed by atoms with Crippen LogP contribution >= 0.6 is 0 Å². The number of hydrogen-bond donors (Lipinski definition) is 3. The molecule has 0 spiro atoms. The molecule has 0 amide bonds. The Morgan fingerprint density at radius 1 is 0.960 bits per heavy atom. The van der Waals surface area contributed by atoms with Crippen LogP contribution in [-0.2, 0) is 0 Å². The van der Waals surface area contributed by atoms with E-state index in [4.69, 9.17) is 5.73 Å². The lowest BCUT2D eigenvalue weighted by molar-refractivity contribution is 0.101. The molecule has 0 aliphatic heterocycles. The fraction of sp³-hybridized carbons (Fsp3) is 0.105. The molecule has 1 heterocycles. The van der Waals surface area contributed by atoms with Crippen LogP contribution < -0.4 is 16.4 Å². The van der Waals surface area contributed by atoms with Gasteiger partial charge in [0.1, 0.15) is 12.0 Å². The number of nitrogens with two attached hydrogens (primary N) is 1. The van der Waals surface area contributed by atoms with E-state index >= 15 is 0 Å². The second-order valence-corrected chi connectivity index (χ2v) is 5.74. The Bertz CT molecular complexity index is 906. The van der Waals surface area contributed by atoms with Gasteiger partial charge in [-0.3, -0.25) is 4.79 Å². The third kappa shape index (κ3) is 3.92. The van der Waals surface area contributed by atoms with E-state index in [1.165, 1.54) is 18.8 Å². The highest BCUT2D eigenvalue weighted by Crippen LogP contribution is 2.28. The maximum absolute atomic E-state index is 11.5. The lowest BCUT2D eigenvalue weighted by Crippen LogP contribution is -2.05. The van der Waals surface area contributed by atoms with Gasteiger partial charge in [-0.05, 0) is 38.1 Å². The number of benzene rings is 2. The molecule has 3 rings (SSSR count). The molecule has 126 valence electrons. The molecule has 0 saturated carbocycles. The van der Waals surface area contributed by atoms with Gasteiger partial charge in [0.25, 0.3) is 0 Å². The van der Waals surface area contributed by atoms with Gasteiger partial charge in [0.15, 0.2) is 17.4 Å². The quantitative estimate of drug-likeness (QED) is 0.610. The van der Waals surface area contributed by atoms with Crippen molar-refractivity contribution in [3.63, 3.8) is 0 Å². The van der Waals surface area contributed by atoms with E-state index in [1.807, 2.05) is 43.3 Å². The summed E-state index contributed by atoms with van der Waals surface area (Å²) >= 11 is 0. The summed E-state index contributed by atoms with van der Waals surface area (Å²) in [5, 5.41) is 6.32. The summed E-state index contributed by atoms with van der Waals surface area (Å²) in [6.45, 7) is 3.56. The fourth-order valence-electron chi connectivity index (χ4n) is 2.32. The Labute approximate surface area is 146 Å². The number of ketones is 1. The summed E-state index contributed by atoms with van der Waals surface area (Å²) in [4.78, 5) is 19.9. The molecule has 0 atom stereocenters. The van der Waals surface area contributed by atoms with Crippen LogP contribution in [0.15, 0.2) is 54.9 Å². The number of rotatable bonds is 5. The smallest absolute Gasteiger partial charge is 0.159 e. The highest BCUT2D eigenvalue weighted by Gasteiger charge is 2.09. The zero-order valence-electron chi connectivity index (χ0n) is 14.1. The van der Waals surface area contributed by atoms with Gasteiger partial charge in [-0.25, -0.2) is 9.97 Å². The predicted octanol–water partition coefficient (Wildman–Crippen LogP) is 4.06. The van der Waals surface area contributed by atoms with Crippen molar-refractivity contribution in [3.8, 4) is 0 Å². The van der Waals surface area contributed by atoms with Gasteiger partial charge >= 0.3 is 0 Å². The molecule has 0 radical (unpaired) electrons. The summed E-state index contributed by atoms with van der Waals surface area (Å²) in [6, 6.07) is 15.1. The van der Waals surface area contributed by atoms with Crippen molar-refractivity contribution >= 4 is 34.5 Å². The van der Waals surface area contributed by atoms with Crippen molar-refractivity contribution in [1.29, 1.82) is 0 Å². The van der Waals surface area contributed by atoms with E-state index in [2.05, 4.69) is 20.6 Å². The van der Waals surface area contributed by atoms with Crippen LogP contribution in [-0.4, -0.2) is 15.8 Å². The van der Waals surface area contributed by atoms with Crippen LogP contribution in [0.1, 0.15) is 22.8 Å². The topological polar surface area (TPSA) is 92.9 Å². The molecule has 1 aromatic heterocycles. The molecule has 0 unspecified atom stereocenters. The van der Waals surface area contributed by atoms with Gasteiger partial charge in [0.05, 0.1) is 0 Å². The Kier molecular flexibility index (Phi) is 4.61. The number of Topliss-reactive ketones (excluding diaryl/α,β-unsaturated/α-hetero) is 1. The average molecular weight is 333 g/mol. The van der Waals surface area contributed by atoms with E-state index in [9.17, 15) is 4.79 Å². The van der Waals surface area contributed by atoms with E-state index in [-0.39, 0.29) is 5.78 Å². The van der Waals surface area contributed by atoms with Crippen molar-refractivity contribution in [3.05, 3.63) is 66.0 Å². The summed E-state index contributed by atoms with van der Waals surface area (Å²) in [5.41, 5.74) is 10.0. The van der Waals surface area contributed by atoms with Crippen LogP contribution in [0.5, 0.6) is 0 Å². The molecule has 25 heavy (non-hydrogen) atoms. The van der Waals surface area contributed by atoms with E-state index in [0.29, 0.717) is 22.9 Å². The second kappa shape index (κ2) is 7.00. The van der Waals surface area contributed by atoms with Crippen LogP contribution in [0.2, 0.25) is 0 Å². The lowest BCUT2D eigenvalue weighted by atomic mass is 10.1. The third-order valence-corrected chi connectivity index (χ3v) is 3.73. The van der Waals surface area contributed by atoms with Gasteiger partial charge < -0.3 is 16.4 Å². The van der Waals surface area contributed by atoms with Gasteiger partial charge in [-0.2, -0.15) is 0 Å². The van der Waals surface area contributed by atoms with Gasteiger partial charge in [0.2, 0.25) is 0 Å². The minimum absolute atomic E-state index is 0.000959. The van der Waals surface area contributed by atoms with Crippen molar-refractivity contribution < 1.29 is 4.79 Å². The molecule has 0 aliphatic carbocycles. The average Bonchev–Trinajstić information content (AvgIpc) is 2.60. The summed E-state index contributed by atoms with van der Waals surface area (Å²) in [7, 11) is 0. The van der Waals surface area contributed by atoms with Crippen LogP contribution in [0.25, 0.3) is 0 Å². The number of carbonyl (C=O) groups is 1. The SMILES string of the molecule is CC(=O)c1cccc(Nc2ncnc(Nc3ccc(C)cc3)c2N)c1. The first-order valence-electron chi connectivity index (χ1n) is 7.85. The number of nitrogens with one attached hydrogen (secondary N) is 2. The molecule has 6 heteroatoms. The van der Waals surface area contributed by atoms with E-state index in [1.54, 1.807) is 12.1 Å². The summed E-state index contributed by atoms with van der Waals surface area (Å²) < 4.78 is 0. The number of aromatic nitrogens is 2. The number of carbonyl (C=O) groups excluding carboxylic acids is 1. The largest absolute Gasteiger partial charge is 0.393 e. The standard InChI is InChI=1S/C19H19N5O/c1-12-6-8-15(9-7-12)23-18-17(20)19(22-11-21-18)24-16-5-3-4-14(10-16)13(2)25/h3-11H,20H2,1-2H3,(H2,21,22,23,24). The first-order valence-corrected chi connectivity index (χ1v) is 7.85. The monoisotopic (exact) mass is 333 g/mol. The fourth-order valence-corrected chi connectivity index (χ4v) is 2.32. The molecule has 6 nitrogen and oxygen atoms in total. The first-order chi connectivity index (χ1) is 12.0. The highest BCUT2D eigenvalue weighted by atomic mass is 16.1. The summed E-state index contributed by atoms with van der Waals surface area (Å²) in [6.07, 6.45) is 1.43. The Morgan fingerprint density at radius 3 is 2.24 bits per heavy atom. The zero-order valence-corrected chi connectivity index (χ0v) is 14.1. The van der Waals surface area contributed by atoms with Crippen molar-refractivity contribution in [2.45, 2.75) is 13.8 Å². The van der Waals surface area contributed by atoms with Crippen LogP contribution in [0, 0.1) is 6.92 Å². The molecule has 4 N–H and O–H groups in total. The highest BCUT2D eigenvalue weighted by molar-refractivity contribution is 5.95. The first kappa shape index (κ1) is 16.4. The molecule has 0 aliphatic rings. The van der Waals surface area contributed by atoms with Crippen LogP contribution in [0.4, 0.5) is 28.7 Å². The lowest BCUT2D eigenvalue weighted by Gasteiger charge is -2.13. The van der Waals surface area contributed by atoms with E-state index < -0.39 is 0 Å². The maximum Gasteiger partial charge on any atom is 0.159 e. The van der Waals surface area contributed by atoms with Crippen molar-refractivity contribution in [2.24, 2.45) is 0 Å². The van der Waals surface area contributed by atoms with Gasteiger partial charge in [-0.15, -0.1) is 0 Å². The minimum Gasteiger partial charge on any atom is -0.393 e. The predicted molar refractivity (Wildman–Crippen MR) is 101 cm³/mol. The van der Waals surface area contributed by atoms with Crippen LogP contribution in [0.3, 0.4) is 0 Å². The number of nitrogen functional groups attached to an aromatic ring is 1. The van der Waals surface area contributed by atoms with Gasteiger partial charge in [0, 0.05) is 16.9 Å². The minimum atomic E-state index is 0.000959. The number of hydrogen-bond acceptors (Lipinski definition) is 6. The molecule has 0 saturated heterocycles. The zero-order chi connectivity index (χ0) is 17.8. The summed E-state index contributed by atoms with van der Waals surface area (Å²) in [5.74, 6) is 0.996. The molecule has 3 aromatic rings. The normalized spacial score (nSPS) is 10.3. The molecule has 2 aromatic carbocycles. The second-order valence-electron chi connectivity index (χ2n) is 5.74. The van der Waals surface area contributed by atoms with Gasteiger partial charge in [-0.1, -0.05) is 29.8 Å². The molecule has 0 fully saturated rings. The number of aryl methyl sites for hydroxylation is 1. The Morgan fingerprint density at radius 2 is 1.60 bits per heavy atom. The molecular formula is C19H19N5O. The Balaban J connectivity index is 1.84. The number of nitrogens with zero attached hydrogens (tertiary/aromatic N) is 2. The number of anilines is 5. The Hall–Kier alpha value is -3.41. The van der Waals surface area contributed by atoms with E-state index in [0.717, 1.165) is 11.4 Å². The molecule has 0 bridgehead atoms. The molecular weight excluding hydrogens is 314 g/mol. The maximum atomic E-state index is 11.5.